The lowest BCUT2D eigenvalue weighted by atomic mass is 9.89. The Balaban J connectivity index is 2.30. The van der Waals surface area contributed by atoms with Crippen LogP contribution in [0.4, 0.5) is 0 Å². The van der Waals surface area contributed by atoms with Crippen LogP contribution in [0.5, 0.6) is 5.75 Å². The summed E-state index contributed by atoms with van der Waals surface area (Å²) < 4.78 is 5.17. The lowest BCUT2D eigenvalue weighted by Crippen LogP contribution is -2.17. The molecule has 0 heterocycles. The predicted molar refractivity (Wildman–Crippen MR) is 60.9 cm³/mol. The number of hydrogen-bond donors (Lipinski definition) is 1. The van der Waals surface area contributed by atoms with Crippen LogP contribution in [0, 0.1) is 5.92 Å². The van der Waals surface area contributed by atoms with E-state index in [-0.39, 0.29) is 11.8 Å². The van der Waals surface area contributed by atoms with E-state index in [0.717, 1.165) is 18.6 Å². The van der Waals surface area contributed by atoms with Crippen molar-refractivity contribution in [3.8, 4) is 5.75 Å². The maximum Gasteiger partial charge on any atom is 0.306 e. The van der Waals surface area contributed by atoms with Gasteiger partial charge in [-0.05, 0) is 42.0 Å². The topological polar surface area (TPSA) is 46.5 Å². The molecule has 0 spiro atoms. The van der Waals surface area contributed by atoms with Crippen molar-refractivity contribution in [2.75, 3.05) is 7.11 Å². The van der Waals surface area contributed by atoms with Gasteiger partial charge in [-0.1, -0.05) is 13.0 Å². The molecule has 0 radical (unpaired) electrons. The molecule has 86 valence electrons. The van der Waals surface area contributed by atoms with Crippen molar-refractivity contribution in [2.45, 2.75) is 25.7 Å². The number of aliphatic carboxylic acids is 1. The first kappa shape index (κ1) is 11.0. The number of hydrogen-bond acceptors (Lipinski definition) is 2. The van der Waals surface area contributed by atoms with Gasteiger partial charge in [-0.25, -0.2) is 0 Å². The molecule has 2 rings (SSSR count). The number of ether oxygens (including phenoxy) is 1. The summed E-state index contributed by atoms with van der Waals surface area (Å²) in [6, 6.07) is 5.93. The standard InChI is InChI=1S/C13H16O3/c1-8(13(14)15)11-5-3-9-7-10(16-2)4-6-12(9)11/h4,6-8,11H,3,5H2,1-2H3,(H,14,15)/t8-,11+/m1/s1. The third-order valence-corrected chi connectivity index (χ3v) is 3.47. The molecule has 0 saturated carbocycles. The summed E-state index contributed by atoms with van der Waals surface area (Å²) in [7, 11) is 1.65. The monoisotopic (exact) mass is 220 g/mol. The van der Waals surface area contributed by atoms with Gasteiger partial charge >= 0.3 is 5.97 Å². The van der Waals surface area contributed by atoms with E-state index in [1.165, 1.54) is 11.1 Å². The highest BCUT2D eigenvalue weighted by Crippen LogP contribution is 2.39. The Kier molecular flexibility index (Phi) is 2.86. The van der Waals surface area contributed by atoms with E-state index in [9.17, 15) is 4.79 Å². The summed E-state index contributed by atoms with van der Waals surface area (Å²) >= 11 is 0. The normalized spacial score (nSPS) is 20.2. The fourth-order valence-corrected chi connectivity index (χ4v) is 2.45. The Labute approximate surface area is 95.0 Å². The van der Waals surface area contributed by atoms with Crippen LogP contribution < -0.4 is 4.74 Å². The average molecular weight is 220 g/mol. The molecule has 2 atom stereocenters. The van der Waals surface area contributed by atoms with Crippen molar-refractivity contribution in [2.24, 2.45) is 5.92 Å². The zero-order valence-electron chi connectivity index (χ0n) is 9.56. The van der Waals surface area contributed by atoms with E-state index in [1.54, 1.807) is 14.0 Å². The molecule has 0 bridgehead atoms. The Bertz CT molecular complexity index is 412. The Morgan fingerprint density at radius 1 is 1.56 bits per heavy atom. The van der Waals surface area contributed by atoms with Crippen LogP contribution in [0.15, 0.2) is 18.2 Å². The zero-order chi connectivity index (χ0) is 11.7. The fourth-order valence-electron chi connectivity index (χ4n) is 2.45. The minimum absolute atomic E-state index is 0.151. The first-order chi connectivity index (χ1) is 7.63. The number of aryl methyl sites for hydroxylation is 1. The molecule has 1 N–H and O–H groups in total. The first-order valence-corrected chi connectivity index (χ1v) is 5.53. The smallest absolute Gasteiger partial charge is 0.306 e. The third kappa shape index (κ3) is 1.77. The van der Waals surface area contributed by atoms with Crippen molar-refractivity contribution in [3.63, 3.8) is 0 Å². The zero-order valence-corrected chi connectivity index (χ0v) is 9.56. The van der Waals surface area contributed by atoms with E-state index in [0.29, 0.717) is 0 Å². The Hall–Kier alpha value is -1.51. The molecule has 0 aliphatic heterocycles. The van der Waals surface area contributed by atoms with Gasteiger partial charge in [0, 0.05) is 0 Å². The first-order valence-electron chi connectivity index (χ1n) is 5.53. The van der Waals surface area contributed by atoms with E-state index >= 15 is 0 Å². The highest BCUT2D eigenvalue weighted by molar-refractivity contribution is 5.71. The van der Waals surface area contributed by atoms with Gasteiger partial charge in [-0.15, -0.1) is 0 Å². The maximum atomic E-state index is 11.0. The molecule has 3 heteroatoms. The predicted octanol–water partition coefficient (Wildman–Crippen LogP) is 2.45. The molecule has 1 aliphatic rings. The summed E-state index contributed by atoms with van der Waals surface area (Å²) in [6.45, 7) is 1.78. The van der Waals surface area contributed by atoms with Gasteiger partial charge in [-0.2, -0.15) is 0 Å². The highest BCUT2D eigenvalue weighted by atomic mass is 16.5. The molecule has 16 heavy (non-hydrogen) atoms. The van der Waals surface area contributed by atoms with Gasteiger partial charge in [-0.3, -0.25) is 4.79 Å². The second kappa shape index (κ2) is 4.16. The van der Waals surface area contributed by atoms with Gasteiger partial charge < -0.3 is 9.84 Å². The lowest BCUT2D eigenvalue weighted by molar-refractivity contribution is -0.141. The molecule has 1 aromatic carbocycles. The van der Waals surface area contributed by atoms with Crippen LogP contribution >= 0.6 is 0 Å². The van der Waals surface area contributed by atoms with Gasteiger partial charge in [0.1, 0.15) is 5.75 Å². The van der Waals surface area contributed by atoms with E-state index in [4.69, 9.17) is 9.84 Å². The molecule has 0 fully saturated rings. The minimum atomic E-state index is -0.714. The van der Waals surface area contributed by atoms with Crippen LogP contribution in [-0.2, 0) is 11.2 Å². The van der Waals surface area contributed by atoms with Crippen molar-refractivity contribution < 1.29 is 14.6 Å². The molecular formula is C13H16O3. The molecule has 3 nitrogen and oxygen atoms in total. The number of benzene rings is 1. The molecule has 0 unspecified atom stereocenters. The van der Waals surface area contributed by atoms with E-state index in [1.807, 2.05) is 18.2 Å². The second-order valence-electron chi connectivity index (χ2n) is 4.34. The summed E-state index contributed by atoms with van der Waals surface area (Å²) in [6.07, 6.45) is 1.88. The van der Waals surface area contributed by atoms with Crippen molar-refractivity contribution in [3.05, 3.63) is 29.3 Å². The Morgan fingerprint density at radius 3 is 2.94 bits per heavy atom. The second-order valence-corrected chi connectivity index (χ2v) is 4.34. The molecule has 0 saturated heterocycles. The van der Waals surface area contributed by atoms with Gasteiger partial charge in [0.2, 0.25) is 0 Å². The number of methoxy groups -OCH3 is 1. The quantitative estimate of drug-likeness (QED) is 0.851. The molecule has 1 aliphatic carbocycles. The van der Waals surface area contributed by atoms with Crippen molar-refractivity contribution in [1.29, 1.82) is 0 Å². The van der Waals surface area contributed by atoms with Crippen molar-refractivity contribution in [1.82, 2.24) is 0 Å². The van der Waals surface area contributed by atoms with Gasteiger partial charge in [0.15, 0.2) is 0 Å². The minimum Gasteiger partial charge on any atom is -0.497 e. The third-order valence-electron chi connectivity index (χ3n) is 3.47. The largest absolute Gasteiger partial charge is 0.497 e. The SMILES string of the molecule is COc1ccc2c(c1)CC[C@H]2[C@@H](C)C(=O)O. The van der Waals surface area contributed by atoms with Crippen LogP contribution in [-0.4, -0.2) is 18.2 Å². The number of carbonyl (C=O) groups is 1. The summed E-state index contributed by atoms with van der Waals surface area (Å²) in [5.74, 6) is -0.0240. The number of rotatable bonds is 3. The van der Waals surface area contributed by atoms with Crippen molar-refractivity contribution >= 4 is 5.97 Å². The van der Waals surface area contributed by atoms with Gasteiger partial charge in [0.05, 0.1) is 13.0 Å². The van der Waals surface area contributed by atoms with Crippen LogP contribution in [0.1, 0.15) is 30.4 Å². The summed E-state index contributed by atoms with van der Waals surface area (Å²) in [5.41, 5.74) is 2.41. The maximum absolute atomic E-state index is 11.0. The highest BCUT2D eigenvalue weighted by Gasteiger charge is 2.31. The number of carboxylic acids is 1. The molecular weight excluding hydrogens is 204 g/mol. The lowest BCUT2D eigenvalue weighted by Gasteiger charge is -2.16. The van der Waals surface area contributed by atoms with Crippen LogP contribution in [0.25, 0.3) is 0 Å². The Morgan fingerprint density at radius 2 is 2.31 bits per heavy atom. The van der Waals surface area contributed by atoms with Gasteiger partial charge in [0.25, 0.3) is 0 Å². The fraction of sp³-hybridized carbons (Fsp3) is 0.462. The van der Waals surface area contributed by atoms with Crippen LogP contribution in [0.2, 0.25) is 0 Å². The molecule has 0 aromatic heterocycles. The van der Waals surface area contributed by atoms with E-state index in [2.05, 4.69) is 0 Å². The van der Waals surface area contributed by atoms with Crippen LogP contribution in [0.3, 0.4) is 0 Å². The molecule has 1 aromatic rings. The number of fused-ring (bicyclic) bond motifs is 1. The summed E-state index contributed by atoms with van der Waals surface area (Å²) in [4.78, 5) is 11.0. The summed E-state index contributed by atoms with van der Waals surface area (Å²) in [5, 5.41) is 9.04. The number of carboxylic acid groups (broad SMARTS) is 1. The van der Waals surface area contributed by atoms with E-state index < -0.39 is 5.97 Å². The molecule has 0 amide bonds. The average Bonchev–Trinajstić information content (AvgIpc) is 2.70.